The lowest BCUT2D eigenvalue weighted by Gasteiger charge is -2.37. The minimum absolute atomic E-state index is 0.00324. The van der Waals surface area contributed by atoms with Crippen LogP contribution in [0.3, 0.4) is 0 Å². The highest BCUT2D eigenvalue weighted by Crippen LogP contribution is 2.36. The molecule has 0 spiro atoms. The molecule has 1 aromatic carbocycles. The Kier molecular flexibility index (Phi) is 7.30. The minimum Gasteiger partial charge on any atom is -0.353 e. The van der Waals surface area contributed by atoms with Gasteiger partial charge in [0.15, 0.2) is 0 Å². The van der Waals surface area contributed by atoms with Crippen molar-refractivity contribution < 1.29 is 17.6 Å². The average molecular weight is 509 g/mol. The normalized spacial score (nSPS) is 14.4. The predicted octanol–water partition coefficient (Wildman–Crippen LogP) is 5.52. The van der Waals surface area contributed by atoms with Gasteiger partial charge >= 0.3 is 6.18 Å². The summed E-state index contributed by atoms with van der Waals surface area (Å²) in [4.78, 5) is 19.1. The molecule has 1 aliphatic heterocycles. The first-order valence-electron chi connectivity index (χ1n) is 11.3. The summed E-state index contributed by atoms with van der Waals surface area (Å²) in [7, 11) is 0. The second kappa shape index (κ2) is 10.2. The Bertz CT molecular complexity index is 1180. The van der Waals surface area contributed by atoms with Crippen LogP contribution in [0.25, 0.3) is 11.3 Å². The standard InChI is InChI=1S/C24H25ClF4N6/c1-3-33(4-2)23-31-20(16-7-8-19(26)18(25)14-16)15-21(32-23)34-10-12-35(13-11-34)22-17(24(27,28)29)6-5-9-30-22/h5-9,14-15H,3-4,10-13H2,1-2H3. The molecule has 3 aromatic rings. The summed E-state index contributed by atoms with van der Waals surface area (Å²) >= 11 is 6.00. The quantitative estimate of drug-likeness (QED) is 0.408. The Morgan fingerprint density at radius 2 is 1.66 bits per heavy atom. The summed E-state index contributed by atoms with van der Waals surface area (Å²) in [6.45, 7) is 6.98. The third-order valence-electron chi connectivity index (χ3n) is 5.96. The zero-order valence-electron chi connectivity index (χ0n) is 19.4. The van der Waals surface area contributed by atoms with E-state index < -0.39 is 17.6 Å². The van der Waals surface area contributed by atoms with E-state index in [1.165, 1.54) is 24.4 Å². The van der Waals surface area contributed by atoms with Crippen molar-refractivity contribution in [1.29, 1.82) is 0 Å². The summed E-state index contributed by atoms with van der Waals surface area (Å²) in [6, 6.07) is 8.56. The number of pyridine rings is 1. The van der Waals surface area contributed by atoms with E-state index in [1.54, 1.807) is 17.0 Å². The molecule has 4 rings (SSSR count). The number of hydrogen-bond donors (Lipinski definition) is 0. The first-order chi connectivity index (χ1) is 16.7. The van der Waals surface area contributed by atoms with Gasteiger partial charge in [0, 0.05) is 57.1 Å². The highest BCUT2D eigenvalue weighted by molar-refractivity contribution is 6.31. The van der Waals surface area contributed by atoms with Crippen LogP contribution in [0, 0.1) is 5.82 Å². The zero-order chi connectivity index (χ0) is 25.2. The summed E-state index contributed by atoms with van der Waals surface area (Å²) in [6.07, 6.45) is -3.10. The molecule has 1 fully saturated rings. The Labute approximate surface area is 206 Å². The van der Waals surface area contributed by atoms with E-state index >= 15 is 0 Å². The topological polar surface area (TPSA) is 48.4 Å². The molecule has 2 aromatic heterocycles. The second-order valence-electron chi connectivity index (χ2n) is 8.06. The molecular weight excluding hydrogens is 484 g/mol. The number of benzene rings is 1. The van der Waals surface area contributed by atoms with Crippen LogP contribution in [0.5, 0.6) is 0 Å². The van der Waals surface area contributed by atoms with Crippen LogP contribution in [0.4, 0.5) is 35.1 Å². The molecular formula is C24H25ClF4N6. The Morgan fingerprint density at radius 1 is 0.971 bits per heavy atom. The number of halogens is 5. The largest absolute Gasteiger partial charge is 0.419 e. The summed E-state index contributed by atoms with van der Waals surface area (Å²) in [5, 5.41) is -0.00324. The molecule has 0 amide bonds. The molecule has 186 valence electrons. The van der Waals surface area contributed by atoms with Crippen molar-refractivity contribution in [2.45, 2.75) is 20.0 Å². The van der Waals surface area contributed by atoms with Gasteiger partial charge in [0.25, 0.3) is 0 Å². The lowest BCUT2D eigenvalue weighted by molar-refractivity contribution is -0.137. The van der Waals surface area contributed by atoms with Crippen LogP contribution >= 0.6 is 11.6 Å². The van der Waals surface area contributed by atoms with Gasteiger partial charge in [0.2, 0.25) is 5.95 Å². The van der Waals surface area contributed by atoms with Crippen LogP contribution in [0.2, 0.25) is 5.02 Å². The maximum atomic E-state index is 13.7. The molecule has 3 heterocycles. The average Bonchev–Trinajstić information content (AvgIpc) is 2.86. The highest BCUT2D eigenvalue weighted by Gasteiger charge is 2.36. The van der Waals surface area contributed by atoms with E-state index in [9.17, 15) is 17.6 Å². The third-order valence-corrected chi connectivity index (χ3v) is 6.25. The summed E-state index contributed by atoms with van der Waals surface area (Å²) < 4.78 is 54.1. The van der Waals surface area contributed by atoms with Crippen LogP contribution < -0.4 is 14.7 Å². The van der Waals surface area contributed by atoms with Crippen LogP contribution in [-0.4, -0.2) is 54.2 Å². The first-order valence-corrected chi connectivity index (χ1v) is 11.7. The van der Waals surface area contributed by atoms with Crippen LogP contribution in [0.15, 0.2) is 42.6 Å². The maximum Gasteiger partial charge on any atom is 0.419 e. The van der Waals surface area contributed by atoms with E-state index in [-0.39, 0.29) is 10.8 Å². The van der Waals surface area contributed by atoms with E-state index in [4.69, 9.17) is 16.6 Å². The molecule has 1 aliphatic rings. The lowest BCUT2D eigenvalue weighted by Crippen LogP contribution is -2.47. The number of anilines is 3. The van der Waals surface area contributed by atoms with Gasteiger partial charge in [-0.25, -0.2) is 14.4 Å². The van der Waals surface area contributed by atoms with E-state index in [0.717, 1.165) is 6.07 Å². The summed E-state index contributed by atoms with van der Waals surface area (Å²) in [5.41, 5.74) is 0.496. The van der Waals surface area contributed by atoms with Gasteiger partial charge in [0.1, 0.15) is 17.5 Å². The van der Waals surface area contributed by atoms with E-state index in [0.29, 0.717) is 62.3 Å². The monoisotopic (exact) mass is 508 g/mol. The van der Waals surface area contributed by atoms with Gasteiger partial charge in [-0.1, -0.05) is 11.6 Å². The van der Waals surface area contributed by atoms with Crippen molar-refractivity contribution in [3.05, 3.63) is 59.0 Å². The molecule has 11 heteroatoms. The Balaban J connectivity index is 1.63. The zero-order valence-corrected chi connectivity index (χ0v) is 20.1. The molecule has 0 aliphatic carbocycles. The minimum atomic E-state index is -4.47. The van der Waals surface area contributed by atoms with E-state index in [2.05, 4.69) is 9.97 Å². The van der Waals surface area contributed by atoms with Crippen molar-refractivity contribution in [3.8, 4) is 11.3 Å². The highest BCUT2D eigenvalue weighted by atomic mass is 35.5. The fraction of sp³-hybridized carbons (Fsp3) is 0.375. The molecule has 0 atom stereocenters. The Morgan fingerprint density at radius 3 is 2.29 bits per heavy atom. The van der Waals surface area contributed by atoms with Gasteiger partial charge in [-0.15, -0.1) is 0 Å². The van der Waals surface area contributed by atoms with E-state index in [1.807, 2.05) is 23.6 Å². The number of piperazine rings is 1. The van der Waals surface area contributed by atoms with Crippen LogP contribution in [-0.2, 0) is 6.18 Å². The number of aromatic nitrogens is 3. The van der Waals surface area contributed by atoms with Gasteiger partial charge in [-0.2, -0.15) is 18.2 Å². The molecule has 0 unspecified atom stereocenters. The molecule has 1 saturated heterocycles. The van der Waals surface area contributed by atoms with Crippen molar-refractivity contribution in [1.82, 2.24) is 15.0 Å². The van der Waals surface area contributed by atoms with Crippen molar-refractivity contribution >= 4 is 29.2 Å². The lowest BCUT2D eigenvalue weighted by atomic mass is 10.1. The summed E-state index contributed by atoms with van der Waals surface area (Å²) in [5.74, 6) is 0.592. The SMILES string of the molecule is CCN(CC)c1nc(-c2ccc(F)c(Cl)c2)cc(N2CCN(c3ncccc3C(F)(F)F)CC2)n1. The number of alkyl halides is 3. The van der Waals surface area contributed by atoms with Gasteiger partial charge in [-0.3, -0.25) is 0 Å². The fourth-order valence-corrected chi connectivity index (χ4v) is 4.23. The van der Waals surface area contributed by atoms with Gasteiger partial charge < -0.3 is 14.7 Å². The predicted molar refractivity (Wildman–Crippen MR) is 130 cm³/mol. The fourth-order valence-electron chi connectivity index (χ4n) is 4.05. The molecule has 6 nitrogen and oxygen atoms in total. The second-order valence-corrected chi connectivity index (χ2v) is 8.47. The number of rotatable bonds is 6. The molecule has 0 saturated carbocycles. The molecule has 0 bridgehead atoms. The van der Waals surface area contributed by atoms with Crippen LogP contribution in [0.1, 0.15) is 19.4 Å². The molecule has 0 radical (unpaired) electrons. The molecule has 35 heavy (non-hydrogen) atoms. The van der Waals surface area contributed by atoms with Crippen molar-refractivity contribution in [3.63, 3.8) is 0 Å². The number of nitrogens with zero attached hydrogens (tertiary/aromatic N) is 6. The van der Waals surface area contributed by atoms with Crippen molar-refractivity contribution in [2.24, 2.45) is 0 Å². The maximum absolute atomic E-state index is 13.7. The molecule has 0 N–H and O–H groups in total. The van der Waals surface area contributed by atoms with Gasteiger partial charge in [-0.05, 0) is 44.2 Å². The Hall–Kier alpha value is -3.14. The van der Waals surface area contributed by atoms with Crippen molar-refractivity contribution in [2.75, 3.05) is 54.0 Å². The van der Waals surface area contributed by atoms with Gasteiger partial charge in [0.05, 0.1) is 16.3 Å². The number of hydrogen-bond acceptors (Lipinski definition) is 6. The first kappa shape index (κ1) is 25.0. The smallest absolute Gasteiger partial charge is 0.353 e. The third kappa shape index (κ3) is 5.42.